The molecule has 0 spiro atoms. The minimum absolute atomic E-state index is 0.0213. The lowest BCUT2D eigenvalue weighted by Gasteiger charge is -2.22. The predicted molar refractivity (Wildman–Crippen MR) is 151 cm³/mol. The molecule has 0 saturated heterocycles. The van der Waals surface area contributed by atoms with Crippen LogP contribution in [0.4, 0.5) is 0 Å². The molecule has 0 atom stereocenters. The van der Waals surface area contributed by atoms with E-state index in [4.69, 9.17) is 0 Å². The monoisotopic (exact) mass is 485 g/mol. The van der Waals surface area contributed by atoms with Crippen LogP contribution in [0.25, 0.3) is 16.9 Å². The molecule has 0 fully saturated rings. The van der Waals surface area contributed by atoms with Gasteiger partial charge in [-0.25, -0.2) is 0 Å². The maximum Gasteiger partial charge on any atom is 0.251 e. The maximum absolute atomic E-state index is 12.8. The van der Waals surface area contributed by atoms with Crippen LogP contribution in [0, 0.1) is 0 Å². The third-order valence-corrected chi connectivity index (χ3v) is 7.35. The first kappa shape index (κ1) is 26.2. The van der Waals surface area contributed by atoms with Crippen LogP contribution in [-0.2, 0) is 12.8 Å². The average Bonchev–Trinajstić information content (AvgIpc) is 3.32. The van der Waals surface area contributed by atoms with E-state index in [0.717, 1.165) is 43.6 Å². The largest absolute Gasteiger partial charge is 0.352 e. The molecular weight excluding hydrogens is 442 g/mol. The van der Waals surface area contributed by atoms with Gasteiger partial charge in [0.05, 0.1) is 5.69 Å². The molecule has 36 heavy (non-hydrogen) atoms. The molecule has 0 bridgehead atoms. The standard InChI is InChI=1S/C32H43N3O/c1-3-5-22-34(23-6-4-2)24-12-21-33-32(36)27-17-19-29(20-18-27)35-30-16-11-10-15-28(30)25-31(35)26-13-8-7-9-14-26/h7-9,13-14,17-20,25H,3-6,10-12,15-16,21-24H2,1-2H3,(H,33,36). The molecule has 1 N–H and O–H groups in total. The number of hydrogen-bond donors (Lipinski definition) is 1. The molecule has 1 amide bonds. The molecule has 3 aromatic rings. The number of aromatic nitrogens is 1. The van der Waals surface area contributed by atoms with Crippen molar-refractivity contribution in [2.75, 3.05) is 26.2 Å². The Morgan fingerprint density at radius 3 is 2.22 bits per heavy atom. The van der Waals surface area contributed by atoms with Crippen molar-refractivity contribution in [2.24, 2.45) is 0 Å². The Bertz CT molecular complexity index is 1080. The summed E-state index contributed by atoms with van der Waals surface area (Å²) in [5, 5.41) is 3.14. The van der Waals surface area contributed by atoms with Gasteiger partial charge in [0.2, 0.25) is 0 Å². The fourth-order valence-electron chi connectivity index (χ4n) is 5.28. The van der Waals surface area contributed by atoms with Crippen LogP contribution in [0.15, 0.2) is 60.7 Å². The van der Waals surface area contributed by atoms with E-state index in [2.05, 4.69) is 77.2 Å². The highest BCUT2D eigenvalue weighted by Crippen LogP contribution is 2.33. The van der Waals surface area contributed by atoms with Crippen LogP contribution in [0.5, 0.6) is 0 Å². The molecule has 1 aliphatic carbocycles. The first-order valence-electron chi connectivity index (χ1n) is 14.1. The molecule has 1 heterocycles. The summed E-state index contributed by atoms with van der Waals surface area (Å²) in [6.45, 7) is 8.60. The van der Waals surface area contributed by atoms with Gasteiger partial charge >= 0.3 is 0 Å². The number of benzene rings is 2. The first-order chi connectivity index (χ1) is 17.7. The van der Waals surface area contributed by atoms with Gasteiger partial charge < -0.3 is 14.8 Å². The lowest BCUT2D eigenvalue weighted by molar-refractivity contribution is 0.0951. The van der Waals surface area contributed by atoms with Crippen molar-refractivity contribution in [1.82, 2.24) is 14.8 Å². The van der Waals surface area contributed by atoms with Crippen molar-refractivity contribution >= 4 is 5.91 Å². The number of unbranched alkanes of at least 4 members (excludes halogenated alkanes) is 2. The molecule has 4 nitrogen and oxygen atoms in total. The Labute approximate surface area is 217 Å². The van der Waals surface area contributed by atoms with E-state index >= 15 is 0 Å². The van der Waals surface area contributed by atoms with Crippen LogP contribution in [0.1, 0.15) is 80.4 Å². The second kappa shape index (κ2) is 13.5. The average molecular weight is 486 g/mol. The lowest BCUT2D eigenvalue weighted by Crippen LogP contribution is -2.31. The molecule has 1 aromatic heterocycles. The Kier molecular flexibility index (Phi) is 9.80. The van der Waals surface area contributed by atoms with Crippen LogP contribution >= 0.6 is 0 Å². The summed E-state index contributed by atoms with van der Waals surface area (Å²) >= 11 is 0. The number of nitrogens with one attached hydrogen (secondary N) is 1. The molecule has 0 unspecified atom stereocenters. The highest BCUT2D eigenvalue weighted by Gasteiger charge is 2.20. The third kappa shape index (κ3) is 6.67. The number of rotatable bonds is 13. The van der Waals surface area contributed by atoms with Crippen molar-refractivity contribution in [3.63, 3.8) is 0 Å². The van der Waals surface area contributed by atoms with Crippen molar-refractivity contribution in [2.45, 2.75) is 71.6 Å². The minimum Gasteiger partial charge on any atom is -0.352 e. The Morgan fingerprint density at radius 2 is 1.53 bits per heavy atom. The lowest BCUT2D eigenvalue weighted by atomic mass is 9.98. The smallest absolute Gasteiger partial charge is 0.251 e. The van der Waals surface area contributed by atoms with Gasteiger partial charge in [0.25, 0.3) is 5.91 Å². The van der Waals surface area contributed by atoms with E-state index < -0.39 is 0 Å². The van der Waals surface area contributed by atoms with Gasteiger partial charge in [0.15, 0.2) is 0 Å². The van der Waals surface area contributed by atoms with Crippen LogP contribution < -0.4 is 5.32 Å². The highest BCUT2D eigenvalue weighted by molar-refractivity contribution is 5.94. The van der Waals surface area contributed by atoms with E-state index in [1.807, 2.05) is 12.1 Å². The Balaban J connectivity index is 1.40. The van der Waals surface area contributed by atoms with Gasteiger partial charge in [-0.15, -0.1) is 0 Å². The SMILES string of the molecule is CCCCN(CCCC)CCCNC(=O)c1ccc(-n2c(-c3ccccc3)cc3c2CCCC3)cc1. The number of aryl methyl sites for hydroxylation is 1. The number of fused-ring (bicyclic) bond motifs is 1. The summed E-state index contributed by atoms with van der Waals surface area (Å²) in [6, 6.07) is 21.2. The maximum atomic E-state index is 12.8. The molecule has 2 aromatic carbocycles. The Hall–Kier alpha value is -2.85. The van der Waals surface area contributed by atoms with E-state index in [-0.39, 0.29) is 5.91 Å². The topological polar surface area (TPSA) is 37.3 Å². The molecule has 4 heteroatoms. The van der Waals surface area contributed by atoms with Gasteiger partial charge in [-0.05, 0) is 106 Å². The minimum atomic E-state index is 0.0213. The van der Waals surface area contributed by atoms with Gasteiger partial charge in [0, 0.05) is 23.5 Å². The number of carbonyl (C=O) groups excluding carboxylic acids is 1. The number of nitrogens with zero attached hydrogens (tertiary/aromatic N) is 2. The molecular formula is C32H43N3O. The number of hydrogen-bond acceptors (Lipinski definition) is 2. The predicted octanol–water partition coefficient (Wildman–Crippen LogP) is 7.05. The van der Waals surface area contributed by atoms with Crippen LogP contribution in [-0.4, -0.2) is 41.6 Å². The summed E-state index contributed by atoms with van der Waals surface area (Å²) < 4.78 is 2.41. The summed E-state index contributed by atoms with van der Waals surface area (Å²) in [6.07, 6.45) is 10.7. The normalized spacial score (nSPS) is 13.1. The zero-order valence-electron chi connectivity index (χ0n) is 22.3. The molecule has 192 valence electrons. The zero-order valence-corrected chi connectivity index (χ0v) is 22.3. The van der Waals surface area contributed by atoms with Crippen molar-refractivity contribution in [3.05, 3.63) is 77.5 Å². The quantitative estimate of drug-likeness (QED) is 0.264. The summed E-state index contributed by atoms with van der Waals surface area (Å²) in [5.41, 5.74) is 7.24. The van der Waals surface area contributed by atoms with Crippen LogP contribution in [0.3, 0.4) is 0 Å². The number of carbonyl (C=O) groups is 1. The van der Waals surface area contributed by atoms with E-state index in [9.17, 15) is 4.79 Å². The number of amides is 1. The van der Waals surface area contributed by atoms with Crippen molar-refractivity contribution in [3.8, 4) is 16.9 Å². The summed E-state index contributed by atoms with van der Waals surface area (Å²) in [5.74, 6) is 0.0213. The first-order valence-corrected chi connectivity index (χ1v) is 14.1. The van der Waals surface area contributed by atoms with Crippen LogP contribution in [0.2, 0.25) is 0 Å². The van der Waals surface area contributed by atoms with E-state index in [1.165, 1.54) is 74.1 Å². The van der Waals surface area contributed by atoms with Gasteiger partial charge in [0.1, 0.15) is 0 Å². The molecule has 0 saturated carbocycles. The third-order valence-electron chi connectivity index (χ3n) is 7.35. The molecule has 1 aliphatic rings. The fourth-order valence-corrected chi connectivity index (χ4v) is 5.28. The van der Waals surface area contributed by atoms with E-state index in [0.29, 0.717) is 0 Å². The second-order valence-corrected chi connectivity index (χ2v) is 10.1. The Morgan fingerprint density at radius 1 is 0.861 bits per heavy atom. The zero-order chi connectivity index (χ0) is 25.2. The summed E-state index contributed by atoms with van der Waals surface area (Å²) in [4.78, 5) is 15.4. The molecule has 0 radical (unpaired) electrons. The van der Waals surface area contributed by atoms with Gasteiger partial charge in [-0.1, -0.05) is 57.0 Å². The fraction of sp³-hybridized carbons (Fsp3) is 0.469. The van der Waals surface area contributed by atoms with Crippen molar-refractivity contribution < 1.29 is 4.79 Å². The van der Waals surface area contributed by atoms with Crippen molar-refractivity contribution in [1.29, 1.82) is 0 Å². The molecule has 4 rings (SSSR count). The molecule has 0 aliphatic heterocycles. The van der Waals surface area contributed by atoms with Gasteiger partial charge in [-0.3, -0.25) is 4.79 Å². The highest BCUT2D eigenvalue weighted by atomic mass is 16.1. The van der Waals surface area contributed by atoms with Gasteiger partial charge in [-0.2, -0.15) is 0 Å². The summed E-state index contributed by atoms with van der Waals surface area (Å²) in [7, 11) is 0. The van der Waals surface area contributed by atoms with E-state index in [1.54, 1.807) is 0 Å². The second-order valence-electron chi connectivity index (χ2n) is 10.1.